The summed E-state index contributed by atoms with van der Waals surface area (Å²) in [6, 6.07) is 6.11. The molecule has 2 atom stereocenters. The molecule has 110 valence electrons. The first-order valence-electron chi connectivity index (χ1n) is 7.55. The number of nitrogens with zero attached hydrogens (tertiary/aromatic N) is 1. The van der Waals surface area contributed by atoms with Crippen LogP contribution in [-0.2, 0) is 0 Å². The third kappa shape index (κ3) is 2.50. The molecule has 0 spiro atoms. The Labute approximate surface area is 120 Å². The van der Waals surface area contributed by atoms with Crippen LogP contribution in [0, 0.1) is 5.92 Å². The lowest BCUT2D eigenvalue weighted by molar-refractivity contribution is 0.209. The maximum Gasteiger partial charge on any atom is 0.126 e. The Morgan fingerprint density at radius 1 is 1.35 bits per heavy atom. The second-order valence-corrected chi connectivity index (χ2v) is 5.81. The average molecular weight is 276 g/mol. The lowest BCUT2D eigenvalue weighted by Gasteiger charge is -2.29. The van der Waals surface area contributed by atoms with Gasteiger partial charge in [0.2, 0.25) is 0 Å². The van der Waals surface area contributed by atoms with Crippen LogP contribution in [0.2, 0.25) is 0 Å². The molecular formula is C16H24N2O2. The molecule has 20 heavy (non-hydrogen) atoms. The van der Waals surface area contributed by atoms with Gasteiger partial charge in [-0.3, -0.25) is 0 Å². The summed E-state index contributed by atoms with van der Waals surface area (Å²) < 4.78 is 11.5. The number of benzene rings is 1. The molecule has 0 unspecified atom stereocenters. The monoisotopic (exact) mass is 276 g/mol. The van der Waals surface area contributed by atoms with Crippen LogP contribution < -0.4 is 15.2 Å². The highest BCUT2D eigenvalue weighted by atomic mass is 16.5. The van der Waals surface area contributed by atoms with Crippen LogP contribution in [0.3, 0.4) is 0 Å². The summed E-state index contributed by atoms with van der Waals surface area (Å²) in [4.78, 5) is 2.55. The first kappa shape index (κ1) is 13.7. The minimum atomic E-state index is 0.549. The molecule has 2 aliphatic rings. The highest BCUT2D eigenvalue weighted by molar-refractivity contribution is 5.49. The fourth-order valence-electron chi connectivity index (χ4n) is 3.51. The van der Waals surface area contributed by atoms with Crippen molar-refractivity contribution >= 4 is 0 Å². The van der Waals surface area contributed by atoms with Crippen LogP contribution in [0.4, 0.5) is 0 Å². The van der Waals surface area contributed by atoms with Crippen LogP contribution in [0.25, 0.3) is 0 Å². The number of methoxy groups -OCH3 is 1. The van der Waals surface area contributed by atoms with Gasteiger partial charge in [0, 0.05) is 30.5 Å². The fourth-order valence-corrected chi connectivity index (χ4v) is 3.51. The zero-order valence-electron chi connectivity index (χ0n) is 12.2. The summed E-state index contributed by atoms with van der Waals surface area (Å²) in [7, 11) is 1.74. The second kappa shape index (κ2) is 6.02. The van der Waals surface area contributed by atoms with Crippen molar-refractivity contribution in [2.45, 2.75) is 18.8 Å². The summed E-state index contributed by atoms with van der Waals surface area (Å²) in [5.41, 5.74) is 6.85. The first-order chi connectivity index (χ1) is 9.83. The molecule has 1 aromatic rings. The SMILES string of the molecule is COc1cccc2c1[C@H]1CN(CCCCN)C[C@@H]1CO2. The Balaban J connectivity index is 1.75. The van der Waals surface area contributed by atoms with Gasteiger partial charge in [-0.15, -0.1) is 0 Å². The molecular weight excluding hydrogens is 252 g/mol. The Hall–Kier alpha value is -1.26. The highest BCUT2D eigenvalue weighted by Gasteiger charge is 2.40. The molecule has 0 saturated carbocycles. The van der Waals surface area contributed by atoms with Gasteiger partial charge in [0.15, 0.2) is 0 Å². The maximum atomic E-state index is 5.93. The molecule has 1 fully saturated rings. The van der Waals surface area contributed by atoms with Crippen molar-refractivity contribution in [2.24, 2.45) is 11.7 Å². The van der Waals surface area contributed by atoms with Crippen molar-refractivity contribution in [3.8, 4) is 11.5 Å². The van der Waals surface area contributed by atoms with Crippen LogP contribution in [0.15, 0.2) is 18.2 Å². The lowest BCUT2D eigenvalue weighted by atomic mass is 9.86. The van der Waals surface area contributed by atoms with Crippen molar-refractivity contribution in [1.82, 2.24) is 4.90 Å². The molecule has 0 aliphatic carbocycles. The van der Waals surface area contributed by atoms with Gasteiger partial charge in [-0.25, -0.2) is 0 Å². The van der Waals surface area contributed by atoms with Gasteiger partial charge in [-0.2, -0.15) is 0 Å². The lowest BCUT2D eigenvalue weighted by Crippen LogP contribution is -2.25. The van der Waals surface area contributed by atoms with E-state index in [1.165, 1.54) is 12.0 Å². The normalized spacial score (nSPS) is 24.9. The van der Waals surface area contributed by atoms with Crippen molar-refractivity contribution in [2.75, 3.05) is 39.9 Å². The van der Waals surface area contributed by atoms with Gasteiger partial charge in [0.1, 0.15) is 11.5 Å². The maximum absolute atomic E-state index is 5.93. The van der Waals surface area contributed by atoms with E-state index in [0.717, 1.165) is 50.7 Å². The van der Waals surface area contributed by atoms with E-state index in [1.54, 1.807) is 7.11 Å². The molecule has 3 rings (SSSR count). The number of ether oxygens (including phenoxy) is 2. The third-order valence-electron chi connectivity index (χ3n) is 4.51. The van der Waals surface area contributed by atoms with Crippen LogP contribution in [-0.4, -0.2) is 44.8 Å². The van der Waals surface area contributed by atoms with Crippen molar-refractivity contribution in [3.05, 3.63) is 23.8 Å². The largest absolute Gasteiger partial charge is 0.496 e. The Kier molecular flexibility index (Phi) is 4.13. The molecule has 2 N–H and O–H groups in total. The molecule has 0 aromatic heterocycles. The average Bonchev–Trinajstić information content (AvgIpc) is 2.89. The van der Waals surface area contributed by atoms with Gasteiger partial charge in [0.05, 0.1) is 13.7 Å². The number of unbranched alkanes of at least 4 members (excludes halogenated alkanes) is 1. The van der Waals surface area contributed by atoms with Gasteiger partial charge >= 0.3 is 0 Å². The van der Waals surface area contributed by atoms with Gasteiger partial charge in [0.25, 0.3) is 0 Å². The smallest absolute Gasteiger partial charge is 0.126 e. The standard InChI is InChI=1S/C16H24N2O2/c1-19-14-5-4-6-15-16(14)13-10-18(8-3-2-7-17)9-12(13)11-20-15/h4-6,12-13H,2-3,7-11,17H2,1H3/t12-,13+/m1/s1. The second-order valence-electron chi connectivity index (χ2n) is 5.81. The molecule has 0 bridgehead atoms. The summed E-state index contributed by atoms with van der Waals surface area (Å²) in [6.07, 6.45) is 2.30. The molecule has 2 aliphatic heterocycles. The number of nitrogens with two attached hydrogens (primary N) is 1. The Morgan fingerprint density at radius 3 is 3.05 bits per heavy atom. The van der Waals surface area contributed by atoms with Crippen LogP contribution in [0.1, 0.15) is 24.3 Å². The number of hydrogen-bond donors (Lipinski definition) is 1. The van der Waals surface area contributed by atoms with E-state index < -0.39 is 0 Å². The minimum absolute atomic E-state index is 0.549. The van der Waals surface area contributed by atoms with Crippen molar-refractivity contribution in [1.29, 1.82) is 0 Å². The molecule has 0 radical (unpaired) electrons. The molecule has 4 heteroatoms. The van der Waals surface area contributed by atoms with E-state index in [4.69, 9.17) is 15.2 Å². The number of rotatable bonds is 5. The minimum Gasteiger partial charge on any atom is -0.496 e. The predicted octanol–water partition coefficient (Wildman–Crippen LogP) is 1.84. The van der Waals surface area contributed by atoms with Crippen LogP contribution >= 0.6 is 0 Å². The zero-order chi connectivity index (χ0) is 13.9. The van der Waals surface area contributed by atoms with E-state index in [0.29, 0.717) is 11.8 Å². The van der Waals surface area contributed by atoms with E-state index in [1.807, 2.05) is 12.1 Å². The highest BCUT2D eigenvalue weighted by Crippen LogP contribution is 2.45. The molecule has 2 heterocycles. The fraction of sp³-hybridized carbons (Fsp3) is 0.625. The molecule has 1 saturated heterocycles. The van der Waals surface area contributed by atoms with E-state index in [9.17, 15) is 0 Å². The van der Waals surface area contributed by atoms with Crippen molar-refractivity contribution < 1.29 is 9.47 Å². The van der Waals surface area contributed by atoms with Gasteiger partial charge in [-0.05, 0) is 38.1 Å². The van der Waals surface area contributed by atoms with Gasteiger partial charge < -0.3 is 20.1 Å². The summed E-state index contributed by atoms with van der Waals surface area (Å²) in [5, 5.41) is 0. The summed E-state index contributed by atoms with van der Waals surface area (Å²) >= 11 is 0. The number of fused-ring (bicyclic) bond motifs is 3. The van der Waals surface area contributed by atoms with E-state index in [-0.39, 0.29) is 0 Å². The Bertz CT molecular complexity index is 450. The molecule has 1 aromatic carbocycles. The van der Waals surface area contributed by atoms with E-state index in [2.05, 4.69) is 11.0 Å². The van der Waals surface area contributed by atoms with Crippen LogP contribution in [0.5, 0.6) is 11.5 Å². The third-order valence-corrected chi connectivity index (χ3v) is 4.51. The molecule has 0 amide bonds. The quantitative estimate of drug-likeness (QED) is 0.834. The molecule has 4 nitrogen and oxygen atoms in total. The topological polar surface area (TPSA) is 47.7 Å². The Morgan fingerprint density at radius 2 is 2.25 bits per heavy atom. The predicted molar refractivity (Wildman–Crippen MR) is 79.4 cm³/mol. The van der Waals surface area contributed by atoms with Gasteiger partial charge in [-0.1, -0.05) is 6.07 Å². The van der Waals surface area contributed by atoms with Crippen molar-refractivity contribution in [3.63, 3.8) is 0 Å². The zero-order valence-corrected chi connectivity index (χ0v) is 12.2. The number of likely N-dealkylation sites (tertiary alicyclic amines) is 1. The number of hydrogen-bond acceptors (Lipinski definition) is 4. The van der Waals surface area contributed by atoms with E-state index >= 15 is 0 Å². The summed E-state index contributed by atoms with van der Waals surface area (Å²) in [6.45, 7) is 5.02. The first-order valence-corrected chi connectivity index (χ1v) is 7.55. The summed E-state index contributed by atoms with van der Waals surface area (Å²) in [5.74, 6) is 3.12.